The fourth-order valence-corrected chi connectivity index (χ4v) is 6.82. The van der Waals surface area contributed by atoms with Crippen molar-refractivity contribution in [2.24, 2.45) is 11.8 Å². The van der Waals surface area contributed by atoms with Crippen molar-refractivity contribution < 1.29 is 53.1 Å². The van der Waals surface area contributed by atoms with Crippen molar-refractivity contribution in [1.82, 2.24) is 52.8 Å². The lowest BCUT2D eigenvalue weighted by Crippen LogP contribution is -2.67. The number of hydrogen-bond donors (Lipinski definition) is 10. The monoisotopic (exact) mass is 937 g/mol. The topological polar surface area (TPSA) is 302 Å². The highest BCUT2D eigenvalue weighted by atomic mass is 16.3. The summed E-state index contributed by atoms with van der Waals surface area (Å²) in [5, 5.41) is 33.3. The molecule has 10 N–H and O–H groups in total. The van der Waals surface area contributed by atoms with Crippen LogP contribution in [0.2, 0.25) is 0 Å². The van der Waals surface area contributed by atoms with Crippen molar-refractivity contribution in [3.05, 3.63) is 0 Å². The minimum atomic E-state index is -1.65. The fourth-order valence-electron chi connectivity index (χ4n) is 6.82. The van der Waals surface area contributed by atoms with Gasteiger partial charge in [-0.15, -0.1) is 0 Å². The molecule has 0 saturated carbocycles. The van der Waals surface area contributed by atoms with Crippen molar-refractivity contribution in [3.8, 4) is 0 Å². The molecule has 1 aliphatic heterocycles. The molecule has 0 spiro atoms. The summed E-state index contributed by atoms with van der Waals surface area (Å²) in [5.74, 6) is -7.52. The molecule has 10 amide bonds. The first-order chi connectivity index (χ1) is 29.8. The fraction of sp³-hybridized carbons (Fsp3) is 0.778. The number of hydrogen-bond acceptors (Lipinski definition) is 11. The third-order valence-corrected chi connectivity index (χ3v) is 11.6. The van der Waals surface area contributed by atoms with Crippen molar-refractivity contribution in [2.45, 2.75) is 201 Å². The van der Waals surface area contributed by atoms with Gasteiger partial charge < -0.3 is 57.9 Å². The van der Waals surface area contributed by atoms with Crippen LogP contribution in [0.4, 0.5) is 0 Å². The van der Waals surface area contributed by atoms with Gasteiger partial charge >= 0.3 is 0 Å². The van der Waals surface area contributed by atoms with Gasteiger partial charge in [0.2, 0.25) is 59.1 Å². The zero-order chi connectivity index (χ0) is 51.7. The first kappa shape index (κ1) is 58.7. The number of carbonyl (C=O) groups excluding carboxylic acids is 10. The summed E-state index contributed by atoms with van der Waals surface area (Å²) in [5.41, 5.74) is -9.14. The van der Waals surface area contributed by atoms with Crippen LogP contribution < -0.4 is 47.9 Å². The molecule has 1 heterocycles. The zero-order valence-corrected chi connectivity index (χ0v) is 42.5. The number of likely N-dealkylation sites (tertiary alicyclic amines) is 1. The second kappa shape index (κ2) is 22.4. The van der Waals surface area contributed by atoms with Crippen LogP contribution >= 0.6 is 0 Å². The third-order valence-electron chi connectivity index (χ3n) is 11.6. The average Bonchev–Trinajstić information content (AvgIpc) is 3.65. The first-order valence-corrected chi connectivity index (χ1v) is 22.5. The minimum absolute atomic E-state index is 0.197. The maximum Gasteiger partial charge on any atom is 0.248 e. The highest BCUT2D eigenvalue weighted by Crippen LogP contribution is 2.22. The molecule has 1 rings (SSSR count). The number of nitrogens with one attached hydrogen (secondary N) is 9. The molecule has 21 heteroatoms. The summed E-state index contributed by atoms with van der Waals surface area (Å²) in [6, 6.07) is -3.85. The second-order valence-corrected chi connectivity index (χ2v) is 21.0. The molecule has 1 fully saturated rings. The molecular weight excluding hydrogens is 857 g/mol. The van der Waals surface area contributed by atoms with E-state index >= 15 is 0 Å². The van der Waals surface area contributed by atoms with Gasteiger partial charge in [-0.3, -0.25) is 47.9 Å². The van der Waals surface area contributed by atoms with Crippen LogP contribution in [0.25, 0.3) is 0 Å². The second-order valence-electron chi connectivity index (χ2n) is 21.0. The SMILES string of the molecule is CC[C@H](C)[C@H](NC(=O)C(C)(C)NC(=O)[C@@H](NC(=O)C(C)(C)NC(=O)C(C)(C)NC(C)=O)C(C)C)C(=O)NC(C)(C)C(=O)NC(C)(C)C(=O)N[C@@H](C)C(=O)NC(C)(C)C(=O)N1CCC[C@H]1CO. The van der Waals surface area contributed by atoms with Gasteiger partial charge in [0.15, 0.2) is 0 Å². The number of amides is 10. The van der Waals surface area contributed by atoms with Crippen molar-refractivity contribution in [2.75, 3.05) is 13.2 Å². The molecule has 376 valence electrons. The largest absolute Gasteiger partial charge is 0.394 e. The van der Waals surface area contributed by atoms with Crippen molar-refractivity contribution in [1.29, 1.82) is 0 Å². The van der Waals surface area contributed by atoms with Gasteiger partial charge in [-0.05, 0) is 115 Å². The highest BCUT2D eigenvalue weighted by molar-refractivity contribution is 6.01. The van der Waals surface area contributed by atoms with E-state index in [1.54, 1.807) is 27.7 Å². The Morgan fingerprint density at radius 1 is 0.530 bits per heavy atom. The molecule has 21 nitrogen and oxygen atoms in total. The molecule has 1 saturated heterocycles. The summed E-state index contributed by atoms with van der Waals surface area (Å²) in [7, 11) is 0. The summed E-state index contributed by atoms with van der Waals surface area (Å²) in [6.45, 7) is 27.1. The van der Waals surface area contributed by atoms with E-state index in [4.69, 9.17) is 0 Å². The lowest BCUT2D eigenvalue weighted by Gasteiger charge is -2.36. The molecule has 5 atom stereocenters. The molecule has 0 unspecified atom stereocenters. The van der Waals surface area contributed by atoms with E-state index in [2.05, 4.69) is 47.9 Å². The molecule has 0 bridgehead atoms. The lowest BCUT2D eigenvalue weighted by molar-refractivity contribution is -0.142. The van der Waals surface area contributed by atoms with Gasteiger partial charge in [0.25, 0.3) is 0 Å². The van der Waals surface area contributed by atoms with Gasteiger partial charge in [0.1, 0.15) is 51.4 Å². The van der Waals surface area contributed by atoms with Gasteiger partial charge in [0.05, 0.1) is 12.6 Å². The smallest absolute Gasteiger partial charge is 0.248 e. The van der Waals surface area contributed by atoms with Gasteiger partial charge in [0, 0.05) is 13.5 Å². The lowest BCUT2D eigenvalue weighted by atomic mass is 9.93. The Hall–Kier alpha value is -5.34. The van der Waals surface area contributed by atoms with Gasteiger partial charge in [-0.25, -0.2) is 0 Å². The third kappa shape index (κ3) is 15.9. The Bertz CT molecular complexity index is 1860. The van der Waals surface area contributed by atoms with Crippen molar-refractivity contribution in [3.63, 3.8) is 0 Å². The van der Waals surface area contributed by atoms with Gasteiger partial charge in [-0.1, -0.05) is 34.1 Å². The number of aliphatic hydroxyl groups is 1. The molecule has 0 aliphatic carbocycles. The van der Waals surface area contributed by atoms with E-state index in [1.807, 2.05) is 0 Å². The van der Waals surface area contributed by atoms with Crippen LogP contribution in [0.15, 0.2) is 0 Å². The normalized spacial score (nSPS) is 16.7. The molecule has 0 aromatic carbocycles. The molecule has 0 aromatic heterocycles. The standard InChI is InChI=1S/C45H80N10O11/c1-19-25(4)30(48-35(62)40(7,8)51-32(59)29(24(2)3)47-36(63)42(11,12)53-37(64)43(13,14)49-27(6)57)33(60)52-44(15,16)38(65)54-41(9,10)34(61)46-26(5)31(58)50-45(17,18)39(66)55-22-20-21-28(55)23-56/h24-26,28-30,56H,19-23H2,1-18H3,(H,46,61)(H,47,63)(H,48,62)(H,49,57)(H,50,58)(H,51,59)(H,52,60)(H,53,64)(H,54,65)/t25-,26-,28-,29-,30-/m0/s1. The Labute approximate surface area is 390 Å². The van der Waals surface area contributed by atoms with Crippen LogP contribution in [-0.2, 0) is 47.9 Å². The van der Waals surface area contributed by atoms with E-state index in [0.717, 1.165) is 6.42 Å². The quantitative estimate of drug-likeness (QED) is 0.0663. The Balaban J connectivity index is 3.07. The van der Waals surface area contributed by atoms with E-state index in [0.29, 0.717) is 19.4 Å². The van der Waals surface area contributed by atoms with E-state index < -0.39 is 116 Å². The van der Waals surface area contributed by atoms with Gasteiger partial charge in [-0.2, -0.15) is 0 Å². The molecule has 0 aromatic rings. The zero-order valence-electron chi connectivity index (χ0n) is 42.5. The van der Waals surface area contributed by atoms with Crippen LogP contribution in [0, 0.1) is 11.8 Å². The summed E-state index contributed by atoms with van der Waals surface area (Å²) >= 11 is 0. The molecule has 0 radical (unpaired) electrons. The first-order valence-electron chi connectivity index (χ1n) is 22.5. The van der Waals surface area contributed by atoms with Crippen LogP contribution in [0.5, 0.6) is 0 Å². The van der Waals surface area contributed by atoms with Crippen LogP contribution in [0.1, 0.15) is 144 Å². The predicted molar refractivity (Wildman–Crippen MR) is 247 cm³/mol. The number of nitrogens with zero attached hydrogens (tertiary/aromatic N) is 1. The summed E-state index contributed by atoms with van der Waals surface area (Å²) < 4.78 is 0. The molecule has 66 heavy (non-hydrogen) atoms. The van der Waals surface area contributed by atoms with E-state index in [-0.39, 0.29) is 18.6 Å². The maximum atomic E-state index is 13.9. The summed E-state index contributed by atoms with van der Waals surface area (Å²) in [4.78, 5) is 135. The minimum Gasteiger partial charge on any atom is -0.394 e. The van der Waals surface area contributed by atoms with Crippen LogP contribution in [-0.4, -0.2) is 140 Å². The van der Waals surface area contributed by atoms with Crippen molar-refractivity contribution >= 4 is 59.1 Å². The predicted octanol–water partition coefficient (Wildman–Crippen LogP) is -0.465. The highest BCUT2D eigenvalue weighted by Gasteiger charge is 2.44. The maximum absolute atomic E-state index is 13.9. The Morgan fingerprint density at radius 3 is 1.33 bits per heavy atom. The number of aliphatic hydroxyl groups excluding tert-OH is 1. The number of carbonyl (C=O) groups is 10. The van der Waals surface area contributed by atoms with Crippen LogP contribution in [0.3, 0.4) is 0 Å². The Morgan fingerprint density at radius 2 is 0.909 bits per heavy atom. The Kier molecular flexibility index (Phi) is 19.9. The van der Waals surface area contributed by atoms with E-state index in [1.165, 1.54) is 102 Å². The van der Waals surface area contributed by atoms with E-state index in [9.17, 15) is 53.1 Å². The number of rotatable bonds is 22. The molecular formula is C45H80N10O11. The molecule has 1 aliphatic rings. The average molecular weight is 937 g/mol. The summed E-state index contributed by atoms with van der Waals surface area (Å²) in [6.07, 6.45) is 1.79.